The lowest BCUT2D eigenvalue weighted by molar-refractivity contribution is -0.120. The molecule has 2 aromatic carbocycles. The van der Waals surface area contributed by atoms with E-state index < -0.39 is 12.1 Å². The first-order chi connectivity index (χ1) is 19.6. The summed E-state index contributed by atoms with van der Waals surface area (Å²) in [6.45, 7) is 10.1. The zero-order valence-electron chi connectivity index (χ0n) is 24.6. The van der Waals surface area contributed by atoms with E-state index >= 15 is 0 Å². The standard InChI is InChI=1S/C17H25N5O3.C10H11NO2.C3H4/c1-4-22(5-2)11-10-21(3)15(20-25)13-8-6-12(7-9-13)14-16(23)19-17(24)18-14;1-11-6-7-3-4-8(13-2)5-9(7)10(11)12;1-3-2/h6-9,14,25H,4-5,10-11H2,1-3H3,(H2,18,19,23,24);3-5H,6H2,1-2H3;1H,2H3/b20-15-;;. The Balaban J connectivity index is 0.000000305. The molecule has 1 saturated heterocycles. The molecule has 1 atom stereocenters. The smallest absolute Gasteiger partial charge is 0.322 e. The van der Waals surface area contributed by atoms with Gasteiger partial charge in [-0.15, -0.1) is 12.3 Å². The first kappa shape index (κ1) is 32.7. The first-order valence-electron chi connectivity index (χ1n) is 13.3. The number of amidine groups is 1. The molecule has 0 spiro atoms. The van der Waals surface area contributed by atoms with Crippen molar-refractivity contribution in [1.82, 2.24) is 25.3 Å². The van der Waals surface area contributed by atoms with E-state index in [4.69, 9.17) is 4.74 Å². The first-order valence-corrected chi connectivity index (χ1v) is 13.3. The maximum atomic E-state index is 11.7. The van der Waals surface area contributed by atoms with Crippen LogP contribution >= 0.6 is 0 Å². The Labute approximate surface area is 242 Å². The molecule has 2 aromatic rings. The van der Waals surface area contributed by atoms with Crippen LogP contribution in [0.3, 0.4) is 0 Å². The molecule has 1 unspecified atom stereocenters. The summed E-state index contributed by atoms with van der Waals surface area (Å²) >= 11 is 0. The number of ether oxygens (including phenoxy) is 1. The second kappa shape index (κ2) is 15.9. The highest BCUT2D eigenvalue weighted by atomic mass is 16.5. The molecule has 0 bridgehead atoms. The maximum absolute atomic E-state index is 11.7. The Hall–Kier alpha value is -4.56. The minimum absolute atomic E-state index is 0.0777. The summed E-state index contributed by atoms with van der Waals surface area (Å²) in [5.74, 6) is 3.15. The van der Waals surface area contributed by atoms with E-state index in [0.717, 1.165) is 48.6 Å². The highest BCUT2D eigenvalue weighted by Crippen LogP contribution is 2.25. The molecule has 2 aliphatic rings. The third kappa shape index (κ3) is 8.71. The second-order valence-electron chi connectivity index (χ2n) is 9.36. The molecule has 1 fully saturated rings. The van der Waals surface area contributed by atoms with Crippen molar-refractivity contribution in [2.45, 2.75) is 33.4 Å². The van der Waals surface area contributed by atoms with Crippen LogP contribution in [0.5, 0.6) is 5.75 Å². The Morgan fingerprint density at radius 1 is 1.15 bits per heavy atom. The number of carbonyl (C=O) groups is 3. The van der Waals surface area contributed by atoms with E-state index in [1.54, 1.807) is 56.3 Å². The fourth-order valence-electron chi connectivity index (χ4n) is 4.32. The lowest BCUT2D eigenvalue weighted by atomic mass is 10.0. The van der Waals surface area contributed by atoms with Gasteiger partial charge in [0.1, 0.15) is 11.8 Å². The van der Waals surface area contributed by atoms with Crippen LogP contribution in [0.1, 0.15) is 53.9 Å². The fourth-order valence-corrected chi connectivity index (χ4v) is 4.32. The van der Waals surface area contributed by atoms with Crippen LogP contribution in [-0.2, 0) is 11.3 Å². The van der Waals surface area contributed by atoms with Crippen LogP contribution in [-0.4, -0.2) is 91.0 Å². The molecule has 11 nitrogen and oxygen atoms in total. The van der Waals surface area contributed by atoms with Crippen molar-refractivity contribution in [3.8, 4) is 18.1 Å². The average Bonchev–Trinajstić information content (AvgIpc) is 3.46. The van der Waals surface area contributed by atoms with E-state index in [-0.39, 0.29) is 11.8 Å². The van der Waals surface area contributed by atoms with Crippen molar-refractivity contribution in [1.29, 1.82) is 0 Å². The van der Waals surface area contributed by atoms with Gasteiger partial charge in [-0.25, -0.2) is 4.79 Å². The molecule has 4 rings (SSSR count). The highest BCUT2D eigenvalue weighted by Gasteiger charge is 2.30. The molecule has 4 amide bonds. The maximum Gasteiger partial charge on any atom is 0.322 e. The van der Waals surface area contributed by atoms with Gasteiger partial charge < -0.3 is 30.0 Å². The predicted molar refractivity (Wildman–Crippen MR) is 158 cm³/mol. The molecule has 0 aromatic heterocycles. The van der Waals surface area contributed by atoms with Gasteiger partial charge in [-0.1, -0.05) is 49.3 Å². The summed E-state index contributed by atoms with van der Waals surface area (Å²) < 4.78 is 5.05. The van der Waals surface area contributed by atoms with Gasteiger partial charge in [0.2, 0.25) is 0 Å². The molecule has 0 radical (unpaired) electrons. The number of amides is 4. The molecule has 11 heteroatoms. The van der Waals surface area contributed by atoms with Gasteiger partial charge in [0.25, 0.3) is 11.8 Å². The van der Waals surface area contributed by atoms with Crippen molar-refractivity contribution in [3.63, 3.8) is 0 Å². The van der Waals surface area contributed by atoms with Gasteiger partial charge in [-0.2, -0.15) is 0 Å². The molecule has 2 heterocycles. The van der Waals surface area contributed by atoms with Crippen molar-refractivity contribution in [2.24, 2.45) is 5.16 Å². The molecule has 220 valence electrons. The molecule has 3 N–H and O–H groups in total. The van der Waals surface area contributed by atoms with E-state index in [0.29, 0.717) is 17.9 Å². The lowest BCUT2D eigenvalue weighted by Crippen LogP contribution is -2.36. The Bertz CT molecular complexity index is 1270. The summed E-state index contributed by atoms with van der Waals surface area (Å²) in [6.07, 6.45) is 4.60. The van der Waals surface area contributed by atoms with Crippen LogP contribution in [0, 0.1) is 12.3 Å². The number of imide groups is 1. The van der Waals surface area contributed by atoms with Crippen LogP contribution < -0.4 is 15.4 Å². The number of hydrogen-bond acceptors (Lipinski definition) is 7. The lowest BCUT2D eigenvalue weighted by Gasteiger charge is -2.25. The number of oxime groups is 1. The van der Waals surface area contributed by atoms with Gasteiger partial charge >= 0.3 is 6.03 Å². The number of fused-ring (bicyclic) bond motifs is 1. The van der Waals surface area contributed by atoms with E-state index in [2.05, 4.69) is 46.9 Å². The quantitative estimate of drug-likeness (QED) is 0.112. The Kier molecular flexibility index (Phi) is 12.7. The van der Waals surface area contributed by atoms with E-state index in [9.17, 15) is 19.6 Å². The van der Waals surface area contributed by atoms with Crippen LogP contribution in [0.15, 0.2) is 47.6 Å². The van der Waals surface area contributed by atoms with Crippen LogP contribution in [0.25, 0.3) is 0 Å². The van der Waals surface area contributed by atoms with Crippen LogP contribution in [0.2, 0.25) is 0 Å². The molecule has 0 aliphatic carbocycles. The number of hydrogen-bond donors (Lipinski definition) is 3. The minimum atomic E-state index is -0.684. The fraction of sp³-hybridized carbons (Fsp3) is 0.400. The zero-order valence-corrected chi connectivity index (χ0v) is 24.6. The third-order valence-corrected chi connectivity index (χ3v) is 6.68. The van der Waals surface area contributed by atoms with E-state index in [1.165, 1.54) is 0 Å². The van der Waals surface area contributed by atoms with Crippen molar-refractivity contribution in [2.75, 3.05) is 47.4 Å². The monoisotopic (exact) mass is 564 g/mol. The largest absolute Gasteiger partial charge is 0.497 e. The molecule has 2 aliphatic heterocycles. The number of urea groups is 1. The summed E-state index contributed by atoms with van der Waals surface area (Å²) in [6, 6.07) is 11.5. The summed E-state index contributed by atoms with van der Waals surface area (Å²) in [4.78, 5) is 40.3. The topological polar surface area (TPSA) is 127 Å². The van der Waals surface area contributed by atoms with E-state index in [1.807, 2.05) is 24.1 Å². The van der Waals surface area contributed by atoms with Gasteiger partial charge in [0.05, 0.1) is 7.11 Å². The van der Waals surface area contributed by atoms with Gasteiger partial charge in [0, 0.05) is 44.9 Å². The number of likely N-dealkylation sites (N-methyl/N-ethyl adjacent to an activating group) is 2. The molecular formula is C30H40N6O5. The number of methoxy groups -OCH3 is 1. The predicted octanol–water partition coefficient (Wildman–Crippen LogP) is 2.90. The van der Waals surface area contributed by atoms with Gasteiger partial charge in [0.15, 0.2) is 5.84 Å². The molecule has 41 heavy (non-hydrogen) atoms. The minimum Gasteiger partial charge on any atom is -0.497 e. The zero-order chi connectivity index (χ0) is 30.5. The SMILES string of the molecule is C#CC.CCN(CC)CCN(C)/C(=N\O)c1ccc(C2NC(=O)NC2=O)cc1.COc1ccc2c(c1)C(=O)N(C)C2. The van der Waals surface area contributed by atoms with Gasteiger partial charge in [-0.05, 0) is 43.3 Å². The number of terminal acetylenes is 1. The van der Waals surface area contributed by atoms with Crippen molar-refractivity contribution >= 4 is 23.7 Å². The van der Waals surface area contributed by atoms with Crippen molar-refractivity contribution < 1.29 is 24.3 Å². The second-order valence-corrected chi connectivity index (χ2v) is 9.36. The summed E-state index contributed by atoms with van der Waals surface area (Å²) in [5.41, 5.74) is 3.25. The van der Waals surface area contributed by atoms with Crippen LogP contribution in [0.4, 0.5) is 4.79 Å². The molecule has 0 saturated carbocycles. The number of carbonyl (C=O) groups excluding carboxylic acids is 3. The van der Waals surface area contributed by atoms with Gasteiger partial charge in [-0.3, -0.25) is 14.9 Å². The normalized spacial score (nSPS) is 15.6. The molecular weight excluding hydrogens is 524 g/mol. The number of benzene rings is 2. The number of rotatable bonds is 8. The highest BCUT2D eigenvalue weighted by molar-refractivity contribution is 6.04. The Morgan fingerprint density at radius 3 is 2.29 bits per heavy atom. The summed E-state index contributed by atoms with van der Waals surface area (Å²) in [5, 5.41) is 17.6. The number of nitrogens with one attached hydrogen (secondary N) is 2. The Morgan fingerprint density at radius 2 is 1.78 bits per heavy atom. The van der Waals surface area contributed by atoms with Crippen molar-refractivity contribution in [3.05, 3.63) is 64.7 Å². The number of nitrogens with zero attached hydrogens (tertiary/aromatic N) is 4. The average molecular weight is 565 g/mol. The summed E-state index contributed by atoms with van der Waals surface area (Å²) in [7, 11) is 5.27. The third-order valence-electron chi connectivity index (χ3n) is 6.68.